The predicted molar refractivity (Wildman–Crippen MR) is 105 cm³/mol. The number of ether oxygens (including phenoxy) is 1. The smallest absolute Gasteiger partial charge is 0.251 e. The van der Waals surface area contributed by atoms with Crippen LogP contribution in [0.15, 0.2) is 18.2 Å². The average molecular weight is 397 g/mol. The van der Waals surface area contributed by atoms with Crippen molar-refractivity contribution in [3.8, 4) is 0 Å². The largest absolute Gasteiger partial charge is 0.370 e. The first kappa shape index (κ1) is 20.1. The molecule has 2 fully saturated rings. The van der Waals surface area contributed by atoms with Crippen molar-refractivity contribution in [1.29, 1.82) is 0 Å². The van der Waals surface area contributed by atoms with Crippen LogP contribution in [0.5, 0.6) is 0 Å². The standard InChI is InChI=1S/C19H29N3O4S/c1-16-5-6-17(15-18(16)22-9-2-3-14-27(22,24)25)19(23)20-7-4-8-21-10-12-26-13-11-21/h5-6,15H,2-4,7-14H2,1H3,(H,20,23)/p+1. The number of anilines is 1. The van der Waals surface area contributed by atoms with Gasteiger partial charge in [0.15, 0.2) is 0 Å². The van der Waals surface area contributed by atoms with Gasteiger partial charge >= 0.3 is 0 Å². The summed E-state index contributed by atoms with van der Waals surface area (Å²) in [6.07, 6.45) is 2.46. The molecule has 7 nitrogen and oxygen atoms in total. The monoisotopic (exact) mass is 396 g/mol. The van der Waals surface area contributed by atoms with E-state index in [2.05, 4.69) is 5.32 Å². The summed E-state index contributed by atoms with van der Waals surface area (Å²) in [6.45, 7) is 7.69. The first-order valence-corrected chi connectivity index (χ1v) is 11.4. The second-order valence-corrected chi connectivity index (χ2v) is 9.33. The minimum Gasteiger partial charge on any atom is -0.370 e. The van der Waals surface area contributed by atoms with Crippen LogP contribution in [0.3, 0.4) is 0 Å². The van der Waals surface area contributed by atoms with Gasteiger partial charge in [-0.1, -0.05) is 6.07 Å². The molecule has 2 heterocycles. The van der Waals surface area contributed by atoms with Crippen LogP contribution >= 0.6 is 0 Å². The van der Waals surface area contributed by atoms with E-state index >= 15 is 0 Å². The molecule has 27 heavy (non-hydrogen) atoms. The van der Waals surface area contributed by atoms with Gasteiger partial charge in [-0.05, 0) is 37.5 Å². The number of hydrogen-bond acceptors (Lipinski definition) is 4. The Balaban J connectivity index is 1.58. The molecule has 0 aliphatic carbocycles. The number of nitrogens with zero attached hydrogens (tertiary/aromatic N) is 1. The highest BCUT2D eigenvalue weighted by atomic mass is 32.2. The molecule has 1 aromatic rings. The highest BCUT2D eigenvalue weighted by Crippen LogP contribution is 2.27. The molecule has 0 spiro atoms. The fourth-order valence-corrected chi connectivity index (χ4v) is 5.32. The van der Waals surface area contributed by atoms with Gasteiger partial charge in [0.05, 0.1) is 31.2 Å². The summed E-state index contributed by atoms with van der Waals surface area (Å²) < 4.78 is 31.6. The lowest BCUT2D eigenvalue weighted by molar-refractivity contribution is -0.908. The minimum absolute atomic E-state index is 0.150. The SMILES string of the molecule is Cc1ccc(C(=O)NCCC[NH+]2CCOCC2)cc1N1CCCCS1(=O)=O. The fourth-order valence-electron chi connectivity index (χ4n) is 3.63. The number of sulfonamides is 1. The Kier molecular flexibility index (Phi) is 6.73. The zero-order valence-corrected chi connectivity index (χ0v) is 16.8. The molecule has 2 aliphatic heterocycles. The van der Waals surface area contributed by atoms with Gasteiger partial charge in [-0.25, -0.2) is 8.42 Å². The number of carbonyl (C=O) groups is 1. The summed E-state index contributed by atoms with van der Waals surface area (Å²) in [5.74, 6) is 0.0230. The predicted octanol–water partition coefficient (Wildman–Crippen LogP) is -0.0400. The Labute approximate surface area is 161 Å². The van der Waals surface area contributed by atoms with Crippen molar-refractivity contribution < 1.29 is 22.8 Å². The van der Waals surface area contributed by atoms with Gasteiger partial charge < -0.3 is 15.0 Å². The van der Waals surface area contributed by atoms with Crippen molar-refractivity contribution in [3.63, 3.8) is 0 Å². The van der Waals surface area contributed by atoms with Gasteiger partial charge in [0.1, 0.15) is 13.1 Å². The fraction of sp³-hybridized carbons (Fsp3) is 0.632. The Morgan fingerprint density at radius 3 is 2.78 bits per heavy atom. The van der Waals surface area contributed by atoms with E-state index in [1.807, 2.05) is 13.0 Å². The number of hydrogen-bond donors (Lipinski definition) is 2. The molecule has 150 valence electrons. The van der Waals surface area contributed by atoms with Crippen LogP contribution < -0.4 is 14.5 Å². The van der Waals surface area contributed by atoms with Crippen LogP contribution in [-0.4, -0.2) is 66.0 Å². The summed E-state index contributed by atoms with van der Waals surface area (Å²) in [5.41, 5.74) is 2.00. The molecule has 0 atom stereocenters. The topological polar surface area (TPSA) is 80.2 Å². The number of amides is 1. The Morgan fingerprint density at radius 2 is 2.04 bits per heavy atom. The molecule has 2 aliphatic rings. The molecule has 0 radical (unpaired) electrons. The van der Waals surface area contributed by atoms with Crippen molar-refractivity contribution in [2.45, 2.75) is 26.2 Å². The van der Waals surface area contributed by atoms with Gasteiger partial charge in [-0.2, -0.15) is 0 Å². The van der Waals surface area contributed by atoms with Crippen molar-refractivity contribution >= 4 is 21.6 Å². The van der Waals surface area contributed by atoms with E-state index in [9.17, 15) is 13.2 Å². The number of quaternary nitrogens is 1. The lowest BCUT2D eigenvalue weighted by atomic mass is 10.1. The molecule has 1 amide bonds. The van der Waals surface area contributed by atoms with Crippen molar-refractivity contribution in [2.24, 2.45) is 0 Å². The summed E-state index contributed by atoms with van der Waals surface area (Å²) in [7, 11) is -3.29. The Morgan fingerprint density at radius 1 is 1.26 bits per heavy atom. The second kappa shape index (κ2) is 9.03. The normalized spacial score (nSPS) is 20.4. The highest BCUT2D eigenvalue weighted by molar-refractivity contribution is 7.92. The maximum absolute atomic E-state index is 12.5. The van der Waals surface area contributed by atoms with Gasteiger partial charge in [0, 0.05) is 25.1 Å². The third-order valence-corrected chi connectivity index (χ3v) is 7.14. The quantitative estimate of drug-likeness (QED) is 0.662. The van der Waals surface area contributed by atoms with E-state index in [0.29, 0.717) is 30.8 Å². The van der Waals surface area contributed by atoms with Crippen molar-refractivity contribution in [1.82, 2.24) is 5.32 Å². The molecule has 3 rings (SSSR count). The molecule has 0 bridgehead atoms. The second-order valence-electron chi connectivity index (χ2n) is 7.32. The number of aryl methyl sites for hydroxylation is 1. The van der Waals surface area contributed by atoms with Crippen LogP contribution in [-0.2, 0) is 14.8 Å². The van der Waals surface area contributed by atoms with E-state index in [-0.39, 0.29) is 11.7 Å². The maximum Gasteiger partial charge on any atom is 0.251 e. The van der Waals surface area contributed by atoms with Gasteiger partial charge in [0.2, 0.25) is 10.0 Å². The average Bonchev–Trinajstić information content (AvgIpc) is 2.66. The Bertz CT molecular complexity index is 760. The summed E-state index contributed by atoms with van der Waals surface area (Å²) in [5, 5.41) is 2.96. The molecular formula is C19H30N3O4S+. The van der Waals surface area contributed by atoms with Crippen LogP contribution in [0.1, 0.15) is 35.2 Å². The molecule has 2 saturated heterocycles. The van der Waals surface area contributed by atoms with E-state index in [4.69, 9.17) is 4.74 Å². The molecule has 1 aromatic carbocycles. The van der Waals surface area contributed by atoms with Crippen molar-refractivity contribution in [2.75, 3.05) is 56.0 Å². The third kappa shape index (κ3) is 5.21. The number of nitrogens with one attached hydrogen (secondary N) is 2. The van der Waals surface area contributed by atoms with Crippen LogP contribution in [0.25, 0.3) is 0 Å². The van der Waals surface area contributed by atoms with Crippen LogP contribution in [0.2, 0.25) is 0 Å². The lowest BCUT2D eigenvalue weighted by Crippen LogP contribution is -3.14. The molecule has 0 aromatic heterocycles. The molecule has 0 saturated carbocycles. The molecular weight excluding hydrogens is 366 g/mol. The van der Waals surface area contributed by atoms with E-state index < -0.39 is 10.0 Å². The molecule has 0 unspecified atom stereocenters. The van der Waals surface area contributed by atoms with Crippen molar-refractivity contribution in [3.05, 3.63) is 29.3 Å². The zero-order chi connectivity index (χ0) is 19.3. The van der Waals surface area contributed by atoms with E-state index in [1.165, 1.54) is 9.21 Å². The summed E-state index contributed by atoms with van der Waals surface area (Å²) in [6, 6.07) is 5.30. The molecule has 8 heteroatoms. The number of rotatable bonds is 6. The van der Waals surface area contributed by atoms with Crippen LogP contribution in [0.4, 0.5) is 5.69 Å². The zero-order valence-electron chi connectivity index (χ0n) is 16.0. The number of carbonyl (C=O) groups excluding carboxylic acids is 1. The van der Waals surface area contributed by atoms with Gasteiger partial charge in [-0.15, -0.1) is 0 Å². The van der Waals surface area contributed by atoms with E-state index in [1.54, 1.807) is 12.1 Å². The lowest BCUT2D eigenvalue weighted by Gasteiger charge is -2.29. The third-order valence-electron chi connectivity index (χ3n) is 5.28. The maximum atomic E-state index is 12.5. The van der Waals surface area contributed by atoms with Crippen LogP contribution in [0, 0.1) is 6.92 Å². The number of morpholine rings is 1. The minimum atomic E-state index is -3.29. The summed E-state index contributed by atoms with van der Waals surface area (Å²) >= 11 is 0. The highest BCUT2D eigenvalue weighted by Gasteiger charge is 2.27. The summed E-state index contributed by atoms with van der Waals surface area (Å²) in [4.78, 5) is 14.0. The first-order valence-electron chi connectivity index (χ1n) is 9.78. The van der Waals surface area contributed by atoms with Gasteiger partial charge in [0.25, 0.3) is 5.91 Å². The van der Waals surface area contributed by atoms with E-state index in [0.717, 1.165) is 51.3 Å². The number of benzene rings is 1. The Hall–Kier alpha value is -1.64. The first-order chi connectivity index (χ1) is 13.0. The van der Waals surface area contributed by atoms with Gasteiger partial charge in [-0.3, -0.25) is 9.10 Å². The molecule has 2 N–H and O–H groups in total.